The summed E-state index contributed by atoms with van der Waals surface area (Å²) in [6, 6.07) is 0. The second-order valence-electron chi connectivity index (χ2n) is 7.16. The first-order valence-corrected chi connectivity index (χ1v) is 9.14. The highest BCUT2D eigenvalue weighted by Crippen LogP contribution is 2.44. The second kappa shape index (κ2) is 8.88. The molecule has 0 spiro atoms. The number of carbonyl (C=O) groups is 1. The Morgan fingerprint density at radius 1 is 0.955 bits per heavy atom. The molecule has 1 saturated carbocycles. The van der Waals surface area contributed by atoms with E-state index in [2.05, 4.69) is 0 Å². The number of ether oxygens (including phenoxy) is 1. The van der Waals surface area contributed by atoms with Crippen LogP contribution in [0.1, 0.15) is 77.0 Å². The third kappa shape index (κ3) is 4.23. The summed E-state index contributed by atoms with van der Waals surface area (Å²) in [5.41, 5.74) is -0.452. The van der Waals surface area contributed by atoms with Gasteiger partial charge in [-0.25, -0.2) is 0 Å². The van der Waals surface area contributed by atoms with Gasteiger partial charge in [0, 0.05) is 18.4 Å². The zero-order valence-corrected chi connectivity index (χ0v) is 13.8. The van der Waals surface area contributed by atoms with Gasteiger partial charge in [-0.15, -0.1) is 0 Å². The molecule has 2 N–H and O–H groups in total. The van der Waals surface area contributed by atoms with E-state index in [1.165, 1.54) is 25.7 Å². The molecule has 1 heterocycles. The SMILES string of the molecule is O=C1CCCCC(C2(CO)CCCCCCCCC2CO)O1. The van der Waals surface area contributed by atoms with Crippen LogP contribution in [0, 0.1) is 11.3 Å². The normalized spacial score (nSPS) is 35.5. The van der Waals surface area contributed by atoms with Gasteiger partial charge in [0.1, 0.15) is 6.10 Å². The molecule has 4 nitrogen and oxygen atoms in total. The summed E-state index contributed by atoms with van der Waals surface area (Å²) in [5, 5.41) is 20.2. The first-order chi connectivity index (χ1) is 10.7. The summed E-state index contributed by atoms with van der Waals surface area (Å²) >= 11 is 0. The first kappa shape index (κ1) is 17.7. The average molecular weight is 312 g/mol. The standard InChI is InChI=1S/C18H32O4/c19-13-15-9-5-3-1-2-4-8-12-18(15,14-20)16-10-6-7-11-17(21)22-16/h15-16,19-20H,1-14H2. The van der Waals surface area contributed by atoms with Gasteiger partial charge in [-0.3, -0.25) is 4.79 Å². The zero-order chi connectivity index (χ0) is 15.8. The zero-order valence-electron chi connectivity index (χ0n) is 13.8. The van der Waals surface area contributed by atoms with Crippen molar-refractivity contribution in [3.05, 3.63) is 0 Å². The van der Waals surface area contributed by atoms with Crippen molar-refractivity contribution in [1.82, 2.24) is 0 Å². The van der Waals surface area contributed by atoms with Crippen molar-refractivity contribution in [1.29, 1.82) is 0 Å². The summed E-state index contributed by atoms with van der Waals surface area (Å²) in [4.78, 5) is 11.9. The highest BCUT2D eigenvalue weighted by molar-refractivity contribution is 5.69. The molecular weight excluding hydrogens is 280 g/mol. The van der Waals surface area contributed by atoms with Gasteiger partial charge in [0.2, 0.25) is 0 Å². The molecule has 1 aliphatic heterocycles. The van der Waals surface area contributed by atoms with Crippen LogP contribution in [0.15, 0.2) is 0 Å². The predicted octanol–water partition coefficient (Wildman–Crippen LogP) is 3.19. The highest BCUT2D eigenvalue weighted by atomic mass is 16.5. The number of aliphatic hydroxyl groups is 2. The summed E-state index contributed by atoms with van der Waals surface area (Å²) in [6.45, 7) is 0.0881. The Labute approximate surface area is 134 Å². The van der Waals surface area contributed by atoms with Crippen LogP contribution >= 0.6 is 0 Å². The lowest BCUT2D eigenvalue weighted by atomic mass is 9.65. The Hall–Kier alpha value is -0.610. The van der Waals surface area contributed by atoms with Crippen LogP contribution in [0.2, 0.25) is 0 Å². The molecule has 1 aliphatic carbocycles. The van der Waals surface area contributed by atoms with Crippen molar-refractivity contribution >= 4 is 5.97 Å². The molecule has 3 unspecified atom stereocenters. The van der Waals surface area contributed by atoms with E-state index >= 15 is 0 Å². The molecule has 0 amide bonds. The lowest BCUT2D eigenvalue weighted by Gasteiger charge is -2.44. The van der Waals surface area contributed by atoms with E-state index in [1.54, 1.807) is 0 Å². The Balaban J connectivity index is 2.22. The van der Waals surface area contributed by atoms with Crippen molar-refractivity contribution in [2.45, 2.75) is 83.2 Å². The van der Waals surface area contributed by atoms with E-state index in [4.69, 9.17) is 4.74 Å². The molecule has 0 aromatic rings. The van der Waals surface area contributed by atoms with Gasteiger partial charge < -0.3 is 14.9 Å². The number of esters is 1. The number of rotatable bonds is 3. The topological polar surface area (TPSA) is 66.8 Å². The minimum Gasteiger partial charge on any atom is -0.462 e. The fraction of sp³-hybridized carbons (Fsp3) is 0.944. The predicted molar refractivity (Wildman–Crippen MR) is 85.4 cm³/mol. The van der Waals surface area contributed by atoms with Crippen molar-refractivity contribution in [3.63, 3.8) is 0 Å². The van der Waals surface area contributed by atoms with E-state index in [0.717, 1.165) is 44.9 Å². The summed E-state index contributed by atoms with van der Waals surface area (Å²) in [7, 11) is 0. The van der Waals surface area contributed by atoms with Crippen LogP contribution in [0.5, 0.6) is 0 Å². The lowest BCUT2D eigenvalue weighted by molar-refractivity contribution is -0.165. The molecular formula is C18H32O4. The largest absolute Gasteiger partial charge is 0.462 e. The van der Waals surface area contributed by atoms with Crippen LogP contribution < -0.4 is 0 Å². The Morgan fingerprint density at radius 3 is 2.36 bits per heavy atom. The Morgan fingerprint density at radius 2 is 1.64 bits per heavy atom. The summed E-state index contributed by atoms with van der Waals surface area (Å²) in [5.74, 6) is -0.101. The smallest absolute Gasteiger partial charge is 0.306 e. The first-order valence-electron chi connectivity index (χ1n) is 9.14. The van der Waals surface area contributed by atoms with E-state index in [9.17, 15) is 15.0 Å². The third-order valence-electron chi connectivity index (χ3n) is 5.78. The van der Waals surface area contributed by atoms with Crippen molar-refractivity contribution < 1.29 is 19.7 Å². The Bertz CT molecular complexity index is 344. The highest BCUT2D eigenvalue weighted by Gasteiger charge is 2.46. The molecule has 2 fully saturated rings. The van der Waals surface area contributed by atoms with Gasteiger partial charge in [0.15, 0.2) is 0 Å². The van der Waals surface area contributed by atoms with Gasteiger partial charge >= 0.3 is 5.97 Å². The van der Waals surface area contributed by atoms with E-state index in [0.29, 0.717) is 6.42 Å². The maximum atomic E-state index is 11.9. The number of hydrogen-bond acceptors (Lipinski definition) is 4. The summed E-state index contributed by atoms with van der Waals surface area (Å²) < 4.78 is 5.74. The number of hydrogen-bond donors (Lipinski definition) is 2. The maximum Gasteiger partial charge on any atom is 0.306 e. The van der Waals surface area contributed by atoms with Gasteiger partial charge in [-0.1, -0.05) is 38.5 Å². The van der Waals surface area contributed by atoms with Crippen LogP contribution in [-0.4, -0.2) is 35.5 Å². The fourth-order valence-electron chi connectivity index (χ4n) is 4.33. The molecule has 1 saturated heterocycles. The number of aliphatic hydroxyl groups excluding tert-OH is 2. The molecule has 0 aromatic carbocycles. The summed E-state index contributed by atoms with van der Waals surface area (Å²) in [6.07, 6.45) is 11.7. The third-order valence-corrected chi connectivity index (χ3v) is 5.78. The van der Waals surface area contributed by atoms with E-state index in [-0.39, 0.29) is 31.2 Å². The quantitative estimate of drug-likeness (QED) is 0.785. The van der Waals surface area contributed by atoms with Gasteiger partial charge in [0.25, 0.3) is 0 Å². The fourth-order valence-corrected chi connectivity index (χ4v) is 4.33. The van der Waals surface area contributed by atoms with Gasteiger partial charge in [-0.2, -0.15) is 0 Å². The molecule has 0 radical (unpaired) electrons. The van der Waals surface area contributed by atoms with Gasteiger partial charge in [0.05, 0.1) is 6.61 Å². The minimum atomic E-state index is -0.452. The average Bonchev–Trinajstić information content (AvgIpc) is 2.76. The second-order valence-corrected chi connectivity index (χ2v) is 7.16. The number of cyclic esters (lactones) is 1. The van der Waals surface area contributed by atoms with E-state index < -0.39 is 5.41 Å². The van der Waals surface area contributed by atoms with E-state index in [1.807, 2.05) is 0 Å². The molecule has 3 atom stereocenters. The molecule has 128 valence electrons. The Kier molecular flexibility index (Phi) is 7.16. The minimum absolute atomic E-state index is 0.0101. The van der Waals surface area contributed by atoms with Crippen LogP contribution in [-0.2, 0) is 9.53 Å². The van der Waals surface area contributed by atoms with Crippen molar-refractivity contribution in [2.75, 3.05) is 13.2 Å². The van der Waals surface area contributed by atoms with Crippen LogP contribution in [0.4, 0.5) is 0 Å². The number of carbonyl (C=O) groups excluding carboxylic acids is 1. The molecule has 0 bridgehead atoms. The van der Waals surface area contributed by atoms with Crippen LogP contribution in [0.25, 0.3) is 0 Å². The van der Waals surface area contributed by atoms with Crippen molar-refractivity contribution in [3.8, 4) is 0 Å². The van der Waals surface area contributed by atoms with Crippen LogP contribution in [0.3, 0.4) is 0 Å². The maximum absolute atomic E-state index is 11.9. The molecule has 0 aromatic heterocycles. The lowest BCUT2D eigenvalue weighted by Crippen LogP contribution is -2.48. The monoisotopic (exact) mass is 312 g/mol. The molecule has 2 aliphatic rings. The van der Waals surface area contributed by atoms with Gasteiger partial charge in [-0.05, 0) is 38.0 Å². The van der Waals surface area contributed by atoms with Crippen molar-refractivity contribution in [2.24, 2.45) is 11.3 Å². The molecule has 4 heteroatoms. The molecule has 2 rings (SSSR count). The molecule has 22 heavy (non-hydrogen) atoms.